The van der Waals surface area contributed by atoms with Crippen LogP contribution in [0.1, 0.15) is 44.9 Å². The molecule has 0 aromatic heterocycles. The van der Waals surface area contributed by atoms with Crippen LogP contribution in [0.3, 0.4) is 0 Å². The highest BCUT2D eigenvalue weighted by Crippen LogP contribution is 2.47. The highest BCUT2D eigenvalue weighted by Gasteiger charge is 2.41. The molecule has 0 aromatic carbocycles. The van der Waals surface area contributed by atoms with Crippen LogP contribution in [0.5, 0.6) is 0 Å². The van der Waals surface area contributed by atoms with Crippen LogP contribution in [0, 0.1) is 16.7 Å². The first-order valence-corrected chi connectivity index (χ1v) is 6.01. The minimum absolute atomic E-state index is 0.318. The van der Waals surface area contributed by atoms with Crippen LogP contribution in [-0.2, 0) is 0 Å². The van der Waals surface area contributed by atoms with E-state index in [1.54, 1.807) is 0 Å². The van der Waals surface area contributed by atoms with Crippen LogP contribution in [0.15, 0.2) is 0 Å². The van der Waals surface area contributed by atoms with Crippen molar-refractivity contribution in [3.05, 3.63) is 0 Å². The third kappa shape index (κ3) is 5.15. The van der Waals surface area contributed by atoms with E-state index < -0.39 is 0 Å². The summed E-state index contributed by atoms with van der Waals surface area (Å²) in [5.41, 5.74) is 0.333. The van der Waals surface area contributed by atoms with Gasteiger partial charge in [0.15, 0.2) is 0 Å². The molecular weight excluding hydrogens is 188 g/mol. The summed E-state index contributed by atoms with van der Waals surface area (Å²) in [6.07, 6.45) is 7.59. The quantitative estimate of drug-likeness (QED) is 0.571. The Hall–Kier alpha value is -0.590. The van der Waals surface area contributed by atoms with Crippen molar-refractivity contribution in [2.45, 2.75) is 44.9 Å². The van der Waals surface area contributed by atoms with Crippen molar-refractivity contribution in [2.75, 3.05) is 19.7 Å². The van der Waals surface area contributed by atoms with Crippen LogP contribution >= 0.6 is 0 Å². The lowest BCUT2D eigenvalue weighted by Gasteiger charge is -2.11. The van der Waals surface area contributed by atoms with Crippen LogP contribution in [0.4, 0.5) is 0 Å². The molecule has 1 saturated carbocycles. The van der Waals surface area contributed by atoms with Gasteiger partial charge >= 0.3 is 0 Å². The zero-order chi connectivity index (χ0) is 11.0. The minimum atomic E-state index is 0.318. The normalized spacial score (nSPS) is 17.3. The lowest BCUT2D eigenvalue weighted by Crippen LogP contribution is -2.24. The first kappa shape index (κ1) is 12.5. The summed E-state index contributed by atoms with van der Waals surface area (Å²) in [6, 6.07) is 2.27. The van der Waals surface area contributed by atoms with Crippen LogP contribution in [0.25, 0.3) is 0 Å². The lowest BCUT2D eigenvalue weighted by atomic mass is 10.0. The molecule has 0 heterocycles. The van der Waals surface area contributed by atoms with Gasteiger partial charge in [-0.2, -0.15) is 5.26 Å². The minimum Gasteiger partial charge on any atom is -0.396 e. The Morgan fingerprint density at radius 3 is 2.53 bits per heavy atom. The van der Waals surface area contributed by atoms with Gasteiger partial charge in [0.2, 0.25) is 0 Å². The summed E-state index contributed by atoms with van der Waals surface area (Å²) < 4.78 is 0. The largest absolute Gasteiger partial charge is 0.396 e. The van der Waals surface area contributed by atoms with Gasteiger partial charge in [0.1, 0.15) is 0 Å². The molecule has 3 nitrogen and oxygen atoms in total. The molecule has 3 heteroatoms. The summed E-state index contributed by atoms with van der Waals surface area (Å²) in [5.74, 6) is 0. The zero-order valence-corrected chi connectivity index (χ0v) is 9.47. The van der Waals surface area contributed by atoms with E-state index in [4.69, 9.17) is 10.4 Å². The fraction of sp³-hybridized carbons (Fsp3) is 0.917. The van der Waals surface area contributed by atoms with E-state index in [2.05, 4.69) is 11.4 Å². The Balaban J connectivity index is 1.87. The molecule has 0 aromatic rings. The van der Waals surface area contributed by atoms with E-state index in [0.29, 0.717) is 18.4 Å². The molecule has 0 unspecified atom stereocenters. The van der Waals surface area contributed by atoms with Gasteiger partial charge in [-0.1, -0.05) is 12.8 Å². The second kappa shape index (κ2) is 6.81. The maximum absolute atomic E-state index is 8.64. The highest BCUT2D eigenvalue weighted by molar-refractivity contribution is 5.00. The number of nitrogens with zero attached hydrogens (tertiary/aromatic N) is 1. The number of hydrogen-bond donors (Lipinski definition) is 2. The van der Waals surface area contributed by atoms with Gasteiger partial charge in [0, 0.05) is 19.6 Å². The number of aliphatic hydroxyl groups excluding tert-OH is 1. The summed E-state index contributed by atoms with van der Waals surface area (Å²) in [7, 11) is 0. The maximum Gasteiger partial charge on any atom is 0.0628 e. The molecule has 15 heavy (non-hydrogen) atoms. The Morgan fingerprint density at radius 1 is 1.20 bits per heavy atom. The molecule has 1 aliphatic carbocycles. The summed E-state index contributed by atoms with van der Waals surface area (Å²) in [4.78, 5) is 0. The third-order valence-electron chi connectivity index (χ3n) is 3.17. The first-order chi connectivity index (χ1) is 7.33. The van der Waals surface area contributed by atoms with Crippen LogP contribution < -0.4 is 5.32 Å². The van der Waals surface area contributed by atoms with Gasteiger partial charge in [-0.15, -0.1) is 0 Å². The van der Waals surface area contributed by atoms with Crippen molar-refractivity contribution in [1.29, 1.82) is 5.26 Å². The Kier molecular flexibility index (Phi) is 5.67. The van der Waals surface area contributed by atoms with Gasteiger partial charge < -0.3 is 10.4 Å². The third-order valence-corrected chi connectivity index (χ3v) is 3.17. The fourth-order valence-corrected chi connectivity index (χ4v) is 1.83. The second-order valence-electron chi connectivity index (χ2n) is 4.65. The smallest absolute Gasteiger partial charge is 0.0628 e. The molecule has 0 amide bonds. The molecule has 0 atom stereocenters. The summed E-state index contributed by atoms with van der Waals surface area (Å²) in [6.45, 7) is 2.39. The Morgan fingerprint density at radius 2 is 1.93 bits per heavy atom. The maximum atomic E-state index is 8.64. The highest BCUT2D eigenvalue weighted by atomic mass is 16.2. The van der Waals surface area contributed by atoms with Crippen molar-refractivity contribution in [3.63, 3.8) is 0 Å². The zero-order valence-electron chi connectivity index (χ0n) is 9.47. The van der Waals surface area contributed by atoms with Gasteiger partial charge in [-0.3, -0.25) is 0 Å². The summed E-state index contributed by atoms with van der Waals surface area (Å²) >= 11 is 0. The Bertz CT molecular complexity index is 206. The molecular formula is C12H22N2O. The van der Waals surface area contributed by atoms with E-state index in [9.17, 15) is 0 Å². The predicted octanol–water partition coefficient (Wildman–Crippen LogP) is 1.82. The number of unbranched alkanes of at least 4 members (excludes halogenated alkanes) is 3. The average Bonchev–Trinajstić information content (AvgIpc) is 2.98. The van der Waals surface area contributed by atoms with E-state index in [1.165, 1.54) is 25.7 Å². The van der Waals surface area contributed by atoms with E-state index in [1.807, 2.05) is 0 Å². The van der Waals surface area contributed by atoms with Crippen molar-refractivity contribution in [3.8, 4) is 6.07 Å². The van der Waals surface area contributed by atoms with Gasteiger partial charge in [-0.25, -0.2) is 0 Å². The fourth-order valence-electron chi connectivity index (χ4n) is 1.83. The molecule has 0 spiro atoms. The standard InChI is InChI=1S/C12H22N2O/c13-8-7-12(5-6-12)11-14-9-3-1-2-4-10-15/h14-15H,1-7,9-11H2. The van der Waals surface area contributed by atoms with Crippen molar-refractivity contribution in [2.24, 2.45) is 5.41 Å². The average molecular weight is 210 g/mol. The van der Waals surface area contributed by atoms with E-state index >= 15 is 0 Å². The number of aliphatic hydroxyl groups is 1. The number of rotatable bonds is 9. The molecule has 1 aliphatic rings. The van der Waals surface area contributed by atoms with Crippen LogP contribution in [-0.4, -0.2) is 24.8 Å². The van der Waals surface area contributed by atoms with E-state index in [0.717, 1.165) is 25.9 Å². The number of nitrogens with one attached hydrogen (secondary N) is 1. The monoisotopic (exact) mass is 210 g/mol. The molecule has 0 aliphatic heterocycles. The SMILES string of the molecule is N#CCC1(CNCCCCCCO)CC1. The predicted molar refractivity (Wildman–Crippen MR) is 60.3 cm³/mol. The van der Waals surface area contributed by atoms with Crippen molar-refractivity contribution < 1.29 is 5.11 Å². The molecule has 0 radical (unpaired) electrons. The molecule has 0 saturated heterocycles. The van der Waals surface area contributed by atoms with Crippen molar-refractivity contribution in [1.82, 2.24) is 5.32 Å². The number of nitriles is 1. The van der Waals surface area contributed by atoms with Crippen molar-refractivity contribution >= 4 is 0 Å². The second-order valence-corrected chi connectivity index (χ2v) is 4.65. The van der Waals surface area contributed by atoms with Gasteiger partial charge in [0.25, 0.3) is 0 Å². The molecule has 1 fully saturated rings. The van der Waals surface area contributed by atoms with Crippen LogP contribution in [0.2, 0.25) is 0 Å². The number of hydrogen-bond acceptors (Lipinski definition) is 3. The molecule has 1 rings (SSSR count). The van der Waals surface area contributed by atoms with Gasteiger partial charge in [0.05, 0.1) is 6.07 Å². The first-order valence-electron chi connectivity index (χ1n) is 6.01. The Labute approximate surface area is 92.5 Å². The topological polar surface area (TPSA) is 56.0 Å². The molecule has 2 N–H and O–H groups in total. The lowest BCUT2D eigenvalue weighted by molar-refractivity contribution is 0.282. The molecule has 0 bridgehead atoms. The van der Waals surface area contributed by atoms with E-state index in [-0.39, 0.29) is 0 Å². The summed E-state index contributed by atoms with van der Waals surface area (Å²) in [5, 5.41) is 20.7. The molecule has 86 valence electrons. The van der Waals surface area contributed by atoms with Gasteiger partial charge in [-0.05, 0) is 37.6 Å².